The Hall–Kier alpha value is -1.88. The first-order valence-electron chi connectivity index (χ1n) is 12.6. The fraction of sp³-hybridized carbons (Fsp3) is 0.571. The van der Waals surface area contributed by atoms with Crippen molar-refractivity contribution in [2.45, 2.75) is 50.2 Å². The molecule has 1 aliphatic carbocycles. The monoisotopic (exact) mass is 436 g/mol. The quantitative estimate of drug-likeness (QED) is 0.576. The highest BCUT2D eigenvalue weighted by molar-refractivity contribution is 5.24. The second-order valence-electron chi connectivity index (χ2n) is 10.3. The van der Waals surface area contributed by atoms with Crippen molar-refractivity contribution < 1.29 is 19.1 Å². The van der Waals surface area contributed by atoms with Crippen LogP contribution in [0.3, 0.4) is 0 Å². The van der Waals surface area contributed by atoms with E-state index in [9.17, 15) is 5.11 Å². The zero-order chi connectivity index (χ0) is 21.9. The minimum absolute atomic E-state index is 0.242. The summed E-state index contributed by atoms with van der Waals surface area (Å²) in [6, 6.07) is 20.4. The Morgan fingerprint density at radius 1 is 0.875 bits per heavy atom. The molecular formula is C28H38NO3+. The molecule has 1 unspecified atom stereocenters. The lowest BCUT2D eigenvalue weighted by Gasteiger charge is -2.52. The van der Waals surface area contributed by atoms with Crippen molar-refractivity contribution in [2.75, 3.05) is 39.4 Å². The molecule has 1 N–H and O–H groups in total. The lowest BCUT2D eigenvalue weighted by molar-refractivity contribution is -0.946. The van der Waals surface area contributed by atoms with Crippen LogP contribution in [0.1, 0.15) is 44.1 Å². The Balaban J connectivity index is 1.23. The predicted octanol–water partition coefficient (Wildman–Crippen LogP) is 4.77. The third-order valence-corrected chi connectivity index (χ3v) is 8.44. The Morgan fingerprint density at radius 2 is 1.53 bits per heavy atom. The molecule has 3 aliphatic heterocycles. The summed E-state index contributed by atoms with van der Waals surface area (Å²) in [5, 5.41) is 11.9. The number of hydrogen-bond donors (Lipinski definition) is 1. The molecule has 172 valence electrons. The van der Waals surface area contributed by atoms with Crippen LogP contribution < -0.4 is 4.74 Å². The number of ether oxygens (including phenoxy) is 2. The van der Waals surface area contributed by atoms with E-state index in [2.05, 4.69) is 12.1 Å². The van der Waals surface area contributed by atoms with E-state index in [0.29, 0.717) is 18.4 Å². The van der Waals surface area contributed by atoms with Crippen LogP contribution in [-0.2, 0) is 10.3 Å². The zero-order valence-electron chi connectivity index (χ0n) is 19.2. The maximum absolute atomic E-state index is 11.9. The van der Waals surface area contributed by atoms with Gasteiger partial charge in [0.1, 0.15) is 37.2 Å². The number of nitrogens with zero attached hydrogens (tertiary/aromatic N) is 1. The first-order chi connectivity index (χ1) is 15.7. The molecule has 2 aromatic carbocycles. The third kappa shape index (κ3) is 4.59. The number of benzene rings is 2. The molecule has 4 aliphatic rings. The molecule has 1 saturated carbocycles. The third-order valence-electron chi connectivity index (χ3n) is 8.44. The predicted molar refractivity (Wildman–Crippen MR) is 126 cm³/mol. The van der Waals surface area contributed by atoms with Crippen LogP contribution >= 0.6 is 0 Å². The number of rotatable bonds is 9. The highest BCUT2D eigenvalue weighted by Gasteiger charge is 2.48. The van der Waals surface area contributed by atoms with Crippen LogP contribution in [0, 0.1) is 11.8 Å². The summed E-state index contributed by atoms with van der Waals surface area (Å²) in [5.41, 5.74) is 0.152. The van der Waals surface area contributed by atoms with Crippen LogP contribution in [0.4, 0.5) is 0 Å². The summed E-state index contributed by atoms with van der Waals surface area (Å²) in [5.74, 6) is 1.89. The number of para-hydroxylation sites is 1. The number of quaternary nitrogens is 1. The molecule has 3 saturated heterocycles. The highest BCUT2D eigenvalue weighted by atomic mass is 16.5. The average molecular weight is 437 g/mol. The lowest BCUT2D eigenvalue weighted by Crippen LogP contribution is -2.65. The van der Waals surface area contributed by atoms with Gasteiger partial charge in [-0.1, -0.05) is 61.4 Å². The van der Waals surface area contributed by atoms with Gasteiger partial charge >= 0.3 is 0 Å². The van der Waals surface area contributed by atoms with Crippen molar-refractivity contribution in [1.82, 2.24) is 0 Å². The Kier molecular flexibility index (Phi) is 6.54. The van der Waals surface area contributed by atoms with E-state index in [-0.39, 0.29) is 6.10 Å². The van der Waals surface area contributed by atoms with E-state index in [1.165, 1.54) is 38.8 Å². The maximum Gasteiger partial charge on any atom is 0.137 e. The fourth-order valence-electron chi connectivity index (χ4n) is 6.40. The SMILES string of the molecule is OC(CO[C@@H]1C[N+]2(CCOc3ccccc3)CCC1CC2)(c1ccccc1)C1CCCC1. The molecule has 0 radical (unpaired) electrons. The van der Waals surface area contributed by atoms with Crippen molar-refractivity contribution in [1.29, 1.82) is 0 Å². The van der Waals surface area contributed by atoms with E-state index in [0.717, 1.165) is 48.3 Å². The van der Waals surface area contributed by atoms with Crippen LogP contribution in [0.2, 0.25) is 0 Å². The molecule has 3 heterocycles. The molecule has 4 fully saturated rings. The van der Waals surface area contributed by atoms with Gasteiger partial charge in [-0.15, -0.1) is 0 Å². The second kappa shape index (κ2) is 9.54. The summed E-state index contributed by atoms with van der Waals surface area (Å²) < 4.78 is 13.8. The van der Waals surface area contributed by atoms with Gasteiger partial charge in [0.25, 0.3) is 0 Å². The summed E-state index contributed by atoms with van der Waals surface area (Å²) in [6.07, 6.45) is 7.32. The summed E-state index contributed by atoms with van der Waals surface area (Å²) in [6.45, 7) is 5.72. The van der Waals surface area contributed by atoms with Gasteiger partial charge in [-0.3, -0.25) is 0 Å². The number of piperidine rings is 3. The summed E-state index contributed by atoms with van der Waals surface area (Å²) in [7, 11) is 0. The summed E-state index contributed by atoms with van der Waals surface area (Å²) in [4.78, 5) is 0. The molecule has 0 spiro atoms. The van der Waals surface area contributed by atoms with Crippen LogP contribution in [-0.4, -0.2) is 55.1 Å². The van der Waals surface area contributed by atoms with Crippen LogP contribution in [0.25, 0.3) is 0 Å². The van der Waals surface area contributed by atoms with E-state index in [4.69, 9.17) is 9.47 Å². The Morgan fingerprint density at radius 3 is 2.22 bits per heavy atom. The molecule has 2 aromatic rings. The fourth-order valence-corrected chi connectivity index (χ4v) is 6.40. The van der Waals surface area contributed by atoms with Gasteiger partial charge in [0.2, 0.25) is 0 Å². The molecule has 0 amide bonds. The second-order valence-corrected chi connectivity index (χ2v) is 10.3. The Labute approximate surface area is 192 Å². The molecule has 4 heteroatoms. The van der Waals surface area contributed by atoms with Crippen LogP contribution in [0.5, 0.6) is 5.75 Å². The van der Waals surface area contributed by atoms with Gasteiger partial charge in [-0.05, 0) is 36.5 Å². The molecule has 2 atom stereocenters. The standard InChI is InChI=1S/C28H38NO3/c30-28(25-11-7-8-12-25,24-9-3-1-4-10-24)22-32-27-21-29(17-15-23(27)16-18-29)19-20-31-26-13-5-2-6-14-26/h1-6,9-10,13-14,23,25,27,30H,7-8,11-12,15-22H2/q+1/t23?,27-,28?,29?/m1/s1. The van der Waals surface area contributed by atoms with Gasteiger partial charge in [0, 0.05) is 18.8 Å². The topological polar surface area (TPSA) is 38.7 Å². The van der Waals surface area contributed by atoms with E-state index >= 15 is 0 Å². The van der Waals surface area contributed by atoms with E-state index in [1.807, 2.05) is 48.5 Å². The molecule has 6 rings (SSSR count). The number of fused-ring (bicyclic) bond motifs is 3. The minimum atomic E-state index is -0.870. The molecular weight excluding hydrogens is 398 g/mol. The molecule has 0 aromatic heterocycles. The summed E-state index contributed by atoms with van der Waals surface area (Å²) >= 11 is 0. The van der Waals surface area contributed by atoms with Gasteiger partial charge in [-0.25, -0.2) is 0 Å². The minimum Gasteiger partial charge on any atom is -0.488 e. The van der Waals surface area contributed by atoms with Crippen molar-refractivity contribution >= 4 is 0 Å². The van der Waals surface area contributed by atoms with Gasteiger partial charge in [-0.2, -0.15) is 0 Å². The normalized spacial score (nSPS) is 29.7. The molecule has 2 bridgehead atoms. The largest absolute Gasteiger partial charge is 0.488 e. The van der Waals surface area contributed by atoms with Crippen molar-refractivity contribution in [2.24, 2.45) is 11.8 Å². The van der Waals surface area contributed by atoms with Crippen molar-refractivity contribution in [3.8, 4) is 5.75 Å². The van der Waals surface area contributed by atoms with Gasteiger partial charge < -0.3 is 19.1 Å². The van der Waals surface area contributed by atoms with E-state index < -0.39 is 5.60 Å². The van der Waals surface area contributed by atoms with Gasteiger partial charge in [0.15, 0.2) is 0 Å². The van der Waals surface area contributed by atoms with Crippen molar-refractivity contribution in [3.05, 3.63) is 66.2 Å². The Bertz CT molecular complexity index is 843. The highest BCUT2D eigenvalue weighted by Crippen LogP contribution is 2.42. The van der Waals surface area contributed by atoms with E-state index in [1.54, 1.807) is 0 Å². The first kappa shape index (κ1) is 21.9. The first-order valence-corrected chi connectivity index (χ1v) is 12.6. The zero-order valence-corrected chi connectivity index (χ0v) is 19.2. The smallest absolute Gasteiger partial charge is 0.137 e. The van der Waals surface area contributed by atoms with Crippen LogP contribution in [0.15, 0.2) is 60.7 Å². The number of hydrogen-bond acceptors (Lipinski definition) is 3. The molecule has 4 nitrogen and oxygen atoms in total. The maximum atomic E-state index is 11.9. The lowest BCUT2D eigenvalue weighted by atomic mass is 9.80. The number of aliphatic hydroxyl groups is 1. The average Bonchev–Trinajstić information content (AvgIpc) is 3.40. The molecule has 32 heavy (non-hydrogen) atoms. The van der Waals surface area contributed by atoms with Gasteiger partial charge in [0.05, 0.1) is 19.7 Å². The van der Waals surface area contributed by atoms with Crippen molar-refractivity contribution in [3.63, 3.8) is 0 Å².